The molecule has 1 amide bonds. The molecule has 0 aliphatic rings. The lowest BCUT2D eigenvalue weighted by molar-refractivity contribution is -0.385. The zero-order chi connectivity index (χ0) is 21.0. The van der Waals surface area contributed by atoms with E-state index in [0.717, 1.165) is 6.07 Å². The second-order valence-electron chi connectivity index (χ2n) is 6.03. The summed E-state index contributed by atoms with van der Waals surface area (Å²) in [5.41, 5.74) is 0.343. The van der Waals surface area contributed by atoms with Crippen molar-refractivity contribution in [3.63, 3.8) is 0 Å². The Labute approximate surface area is 164 Å². The summed E-state index contributed by atoms with van der Waals surface area (Å²) < 4.78 is 23.4. The van der Waals surface area contributed by atoms with Crippen LogP contribution in [-0.4, -0.2) is 27.6 Å². The van der Waals surface area contributed by atoms with Crippen molar-refractivity contribution in [1.82, 2.24) is 15.5 Å². The summed E-state index contributed by atoms with van der Waals surface area (Å²) in [7, 11) is 0. The van der Waals surface area contributed by atoms with Crippen LogP contribution in [0.3, 0.4) is 0 Å². The number of nitro benzene ring substituents is 1. The molecule has 3 rings (SSSR count). The number of ether oxygens (including phenoxy) is 1. The van der Waals surface area contributed by atoms with Crippen LogP contribution in [0, 0.1) is 15.9 Å². The van der Waals surface area contributed by atoms with E-state index in [1.165, 1.54) is 36.4 Å². The van der Waals surface area contributed by atoms with E-state index in [1.54, 1.807) is 13.8 Å². The Morgan fingerprint density at radius 3 is 2.69 bits per heavy atom. The molecule has 29 heavy (non-hydrogen) atoms. The lowest BCUT2D eigenvalue weighted by Crippen LogP contribution is -2.27. The second-order valence-corrected chi connectivity index (χ2v) is 6.03. The van der Waals surface area contributed by atoms with Gasteiger partial charge < -0.3 is 14.6 Å². The first kappa shape index (κ1) is 19.9. The van der Waals surface area contributed by atoms with Crippen molar-refractivity contribution in [2.75, 3.05) is 6.61 Å². The van der Waals surface area contributed by atoms with E-state index in [0.29, 0.717) is 5.56 Å². The Morgan fingerprint density at radius 1 is 1.31 bits per heavy atom. The Hall–Kier alpha value is -3.82. The van der Waals surface area contributed by atoms with E-state index in [4.69, 9.17) is 9.26 Å². The number of halogens is 1. The minimum atomic E-state index is -0.658. The van der Waals surface area contributed by atoms with Crippen molar-refractivity contribution in [2.45, 2.75) is 19.9 Å². The van der Waals surface area contributed by atoms with Gasteiger partial charge in [-0.05, 0) is 50.2 Å². The molecule has 0 saturated carbocycles. The molecule has 10 heteroatoms. The van der Waals surface area contributed by atoms with Crippen LogP contribution >= 0.6 is 0 Å². The molecule has 1 unspecified atom stereocenters. The minimum Gasteiger partial charge on any atom is -0.487 e. The molecule has 9 nitrogen and oxygen atoms in total. The molecule has 0 radical (unpaired) electrons. The normalized spacial score (nSPS) is 11.7. The van der Waals surface area contributed by atoms with Crippen LogP contribution in [0.4, 0.5) is 10.1 Å². The van der Waals surface area contributed by atoms with Gasteiger partial charge in [-0.1, -0.05) is 5.16 Å². The van der Waals surface area contributed by atoms with Gasteiger partial charge in [0.1, 0.15) is 11.9 Å². The van der Waals surface area contributed by atoms with Crippen molar-refractivity contribution in [2.24, 2.45) is 0 Å². The number of amides is 1. The van der Waals surface area contributed by atoms with Gasteiger partial charge in [0, 0.05) is 17.2 Å². The number of aromatic nitrogens is 2. The first-order chi connectivity index (χ1) is 13.9. The summed E-state index contributed by atoms with van der Waals surface area (Å²) in [5.74, 6) is -0.466. The predicted octanol–water partition coefficient (Wildman–Crippen LogP) is 3.67. The Kier molecular flexibility index (Phi) is 5.82. The SMILES string of the molecule is CCOc1ccc(C(=O)NC(C)c2nc(-c3ccc(F)cc3)no2)cc1[N+](=O)[O-]. The fraction of sp³-hybridized carbons (Fsp3) is 0.211. The smallest absolute Gasteiger partial charge is 0.311 e. The van der Waals surface area contributed by atoms with E-state index >= 15 is 0 Å². The summed E-state index contributed by atoms with van der Waals surface area (Å²) in [5, 5.41) is 17.7. The van der Waals surface area contributed by atoms with E-state index in [2.05, 4.69) is 15.5 Å². The van der Waals surface area contributed by atoms with E-state index in [9.17, 15) is 19.3 Å². The maximum Gasteiger partial charge on any atom is 0.311 e. The van der Waals surface area contributed by atoms with Crippen molar-refractivity contribution >= 4 is 11.6 Å². The molecular formula is C19H17FN4O5. The average Bonchev–Trinajstić information content (AvgIpc) is 3.19. The fourth-order valence-electron chi connectivity index (χ4n) is 2.55. The van der Waals surface area contributed by atoms with Gasteiger partial charge in [-0.15, -0.1) is 0 Å². The number of carbonyl (C=O) groups is 1. The molecule has 0 fully saturated rings. The molecule has 0 aliphatic carbocycles. The van der Waals surface area contributed by atoms with Crippen LogP contribution in [0.15, 0.2) is 47.0 Å². The summed E-state index contributed by atoms with van der Waals surface area (Å²) >= 11 is 0. The van der Waals surface area contributed by atoms with Gasteiger partial charge in [0.15, 0.2) is 5.75 Å². The van der Waals surface area contributed by atoms with Gasteiger partial charge in [-0.3, -0.25) is 14.9 Å². The third-order valence-corrected chi connectivity index (χ3v) is 3.98. The van der Waals surface area contributed by atoms with Crippen LogP contribution in [-0.2, 0) is 0 Å². The van der Waals surface area contributed by atoms with Gasteiger partial charge in [0.05, 0.1) is 11.5 Å². The highest BCUT2D eigenvalue weighted by atomic mass is 19.1. The maximum absolute atomic E-state index is 13.0. The molecule has 0 saturated heterocycles. The molecule has 150 valence electrons. The van der Waals surface area contributed by atoms with E-state index in [-0.39, 0.29) is 41.1 Å². The zero-order valence-electron chi connectivity index (χ0n) is 15.6. The number of hydrogen-bond donors (Lipinski definition) is 1. The van der Waals surface area contributed by atoms with Gasteiger partial charge in [0.25, 0.3) is 5.91 Å². The Morgan fingerprint density at radius 2 is 2.03 bits per heavy atom. The highest BCUT2D eigenvalue weighted by molar-refractivity contribution is 5.95. The third-order valence-electron chi connectivity index (χ3n) is 3.98. The standard InChI is InChI=1S/C19H17FN4O5/c1-3-28-16-9-6-13(10-15(16)24(26)27)18(25)21-11(2)19-22-17(23-29-19)12-4-7-14(20)8-5-12/h4-11H,3H2,1-2H3,(H,21,25). The number of nitro groups is 1. The van der Waals surface area contributed by atoms with E-state index < -0.39 is 16.9 Å². The van der Waals surface area contributed by atoms with E-state index in [1.807, 2.05) is 0 Å². The van der Waals surface area contributed by atoms with Crippen LogP contribution in [0.25, 0.3) is 11.4 Å². The largest absolute Gasteiger partial charge is 0.487 e. The summed E-state index contributed by atoms with van der Waals surface area (Å²) in [6, 6.07) is 8.85. The maximum atomic E-state index is 13.0. The van der Waals surface area contributed by atoms with Gasteiger partial charge >= 0.3 is 5.69 Å². The van der Waals surface area contributed by atoms with Gasteiger partial charge in [-0.2, -0.15) is 4.98 Å². The van der Waals surface area contributed by atoms with Crippen molar-refractivity contribution < 1.29 is 23.4 Å². The fourth-order valence-corrected chi connectivity index (χ4v) is 2.55. The molecule has 1 aromatic heterocycles. The molecule has 1 N–H and O–H groups in total. The molecule has 0 bridgehead atoms. The van der Waals surface area contributed by atoms with Crippen LogP contribution in [0.5, 0.6) is 5.75 Å². The number of hydrogen-bond acceptors (Lipinski definition) is 7. The van der Waals surface area contributed by atoms with Crippen molar-refractivity contribution in [3.05, 3.63) is 69.9 Å². The van der Waals surface area contributed by atoms with Crippen molar-refractivity contribution in [1.29, 1.82) is 0 Å². The second kappa shape index (κ2) is 8.46. The molecule has 2 aromatic carbocycles. The average molecular weight is 400 g/mol. The Bertz CT molecular complexity index is 1040. The number of nitrogens with one attached hydrogen (secondary N) is 1. The molecule has 1 heterocycles. The summed E-state index contributed by atoms with van der Waals surface area (Å²) in [4.78, 5) is 27.3. The lowest BCUT2D eigenvalue weighted by Gasteiger charge is -2.10. The number of carbonyl (C=O) groups excluding carboxylic acids is 1. The zero-order valence-corrected chi connectivity index (χ0v) is 15.6. The first-order valence-electron chi connectivity index (χ1n) is 8.70. The first-order valence-corrected chi connectivity index (χ1v) is 8.70. The molecular weight excluding hydrogens is 383 g/mol. The number of benzene rings is 2. The molecule has 0 spiro atoms. The highest BCUT2D eigenvalue weighted by Gasteiger charge is 2.22. The number of nitrogens with zero attached hydrogens (tertiary/aromatic N) is 3. The Balaban J connectivity index is 1.74. The summed E-state index contributed by atoms with van der Waals surface area (Å²) in [6.07, 6.45) is 0. The summed E-state index contributed by atoms with van der Waals surface area (Å²) in [6.45, 7) is 3.59. The van der Waals surface area contributed by atoms with Crippen LogP contribution in [0.1, 0.15) is 36.1 Å². The monoisotopic (exact) mass is 400 g/mol. The third kappa shape index (κ3) is 4.54. The molecule has 0 aliphatic heterocycles. The molecule has 3 aromatic rings. The topological polar surface area (TPSA) is 120 Å². The van der Waals surface area contributed by atoms with Crippen LogP contribution < -0.4 is 10.1 Å². The molecule has 1 atom stereocenters. The van der Waals surface area contributed by atoms with Gasteiger partial charge in [-0.25, -0.2) is 4.39 Å². The highest BCUT2D eigenvalue weighted by Crippen LogP contribution is 2.28. The van der Waals surface area contributed by atoms with Crippen molar-refractivity contribution in [3.8, 4) is 17.1 Å². The quantitative estimate of drug-likeness (QED) is 0.474. The lowest BCUT2D eigenvalue weighted by atomic mass is 10.1. The van der Waals surface area contributed by atoms with Crippen LogP contribution in [0.2, 0.25) is 0 Å². The predicted molar refractivity (Wildman–Crippen MR) is 99.8 cm³/mol. The van der Waals surface area contributed by atoms with Gasteiger partial charge in [0.2, 0.25) is 11.7 Å². The number of rotatable bonds is 7. The minimum absolute atomic E-state index is 0.0861.